The van der Waals surface area contributed by atoms with E-state index < -0.39 is 6.10 Å². The van der Waals surface area contributed by atoms with Crippen molar-refractivity contribution in [1.29, 1.82) is 0 Å². The van der Waals surface area contributed by atoms with E-state index in [0.717, 1.165) is 54.6 Å². The monoisotopic (exact) mass is 414 g/mol. The first kappa shape index (κ1) is 19.6. The first-order valence-electron chi connectivity index (χ1n) is 10.9. The zero-order chi connectivity index (χ0) is 21.2. The number of rotatable bonds is 6. The first-order valence-corrected chi connectivity index (χ1v) is 10.9. The highest BCUT2D eigenvalue weighted by Gasteiger charge is 2.29. The Balaban J connectivity index is 1.49. The summed E-state index contributed by atoms with van der Waals surface area (Å²) in [6, 6.07) is 17.0. The average molecular weight is 415 g/mol. The standard InChI is InChI=1S/C24H26N6O/c1-2-3-6-18-15-25-24-22(31)14-13-21(30(18)24)17-11-9-16(10-12-17)19-7-4-5-8-20(19)23-26-28-29-27-23/h4-5,7-12,15,21-22,31H,2-3,6,13-14H2,1H3,(H,26,27,28,29)/t21-,22-/m1/s1. The van der Waals surface area contributed by atoms with E-state index in [0.29, 0.717) is 5.82 Å². The van der Waals surface area contributed by atoms with Gasteiger partial charge in [0, 0.05) is 17.5 Å². The summed E-state index contributed by atoms with van der Waals surface area (Å²) in [5.74, 6) is 1.46. The maximum atomic E-state index is 10.5. The Hall–Kier alpha value is -3.32. The van der Waals surface area contributed by atoms with Gasteiger partial charge in [0.2, 0.25) is 0 Å². The number of unbranched alkanes of at least 4 members (excludes halogenated alkanes) is 1. The molecule has 0 bridgehead atoms. The Kier molecular flexibility index (Phi) is 5.34. The molecule has 31 heavy (non-hydrogen) atoms. The summed E-state index contributed by atoms with van der Waals surface area (Å²) in [5.41, 5.74) is 5.63. The Morgan fingerprint density at radius 1 is 1.06 bits per heavy atom. The summed E-state index contributed by atoms with van der Waals surface area (Å²) in [7, 11) is 0. The van der Waals surface area contributed by atoms with Crippen LogP contribution in [0.5, 0.6) is 0 Å². The van der Waals surface area contributed by atoms with Crippen LogP contribution in [0.2, 0.25) is 0 Å². The minimum Gasteiger partial charge on any atom is -0.385 e. The van der Waals surface area contributed by atoms with Gasteiger partial charge in [-0.05, 0) is 52.8 Å². The van der Waals surface area contributed by atoms with Crippen molar-refractivity contribution in [2.75, 3.05) is 0 Å². The molecule has 5 rings (SSSR count). The summed E-state index contributed by atoms with van der Waals surface area (Å²) in [4.78, 5) is 4.56. The summed E-state index contributed by atoms with van der Waals surface area (Å²) < 4.78 is 2.27. The summed E-state index contributed by atoms with van der Waals surface area (Å²) in [6.45, 7) is 2.20. The number of H-pyrrole nitrogens is 1. The van der Waals surface area contributed by atoms with Gasteiger partial charge in [-0.15, -0.1) is 5.10 Å². The molecule has 0 saturated heterocycles. The largest absolute Gasteiger partial charge is 0.385 e. The molecule has 4 aromatic rings. The molecule has 158 valence electrons. The van der Waals surface area contributed by atoms with Gasteiger partial charge in [-0.1, -0.05) is 61.9 Å². The SMILES string of the molecule is CCCCc1cnc2n1[C@@H](c1ccc(-c3ccccc3-c3nnn[nH]3)cc1)CC[C@H]2O. The molecule has 3 heterocycles. The fraction of sp³-hybridized carbons (Fsp3) is 0.333. The molecule has 1 aliphatic heterocycles. The van der Waals surface area contributed by atoms with Gasteiger partial charge in [0.25, 0.3) is 0 Å². The van der Waals surface area contributed by atoms with E-state index in [1.165, 1.54) is 11.3 Å². The average Bonchev–Trinajstić information content (AvgIpc) is 3.49. The second-order valence-electron chi connectivity index (χ2n) is 8.11. The molecule has 2 aromatic heterocycles. The fourth-order valence-corrected chi connectivity index (χ4v) is 4.55. The van der Waals surface area contributed by atoms with E-state index in [9.17, 15) is 5.11 Å². The number of benzene rings is 2. The topological polar surface area (TPSA) is 92.5 Å². The Morgan fingerprint density at radius 3 is 2.61 bits per heavy atom. The first-order chi connectivity index (χ1) is 15.3. The van der Waals surface area contributed by atoms with Crippen LogP contribution in [0, 0.1) is 0 Å². The number of aromatic amines is 1. The van der Waals surface area contributed by atoms with Crippen molar-refractivity contribution >= 4 is 0 Å². The fourth-order valence-electron chi connectivity index (χ4n) is 4.55. The van der Waals surface area contributed by atoms with Gasteiger partial charge in [-0.2, -0.15) is 0 Å². The molecule has 0 unspecified atom stereocenters. The number of imidazole rings is 1. The number of aromatic nitrogens is 6. The van der Waals surface area contributed by atoms with Crippen molar-refractivity contribution in [3.05, 3.63) is 71.8 Å². The van der Waals surface area contributed by atoms with Gasteiger partial charge < -0.3 is 9.67 Å². The third kappa shape index (κ3) is 3.65. The zero-order valence-corrected chi connectivity index (χ0v) is 17.6. The molecule has 1 aliphatic rings. The molecule has 0 saturated carbocycles. The maximum absolute atomic E-state index is 10.5. The van der Waals surface area contributed by atoms with E-state index in [4.69, 9.17) is 0 Å². The molecule has 2 atom stereocenters. The molecule has 2 N–H and O–H groups in total. The molecule has 0 fully saturated rings. The van der Waals surface area contributed by atoms with E-state index in [-0.39, 0.29) is 6.04 Å². The van der Waals surface area contributed by atoms with Gasteiger partial charge in [0.15, 0.2) is 5.82 Å². The van der Waals surface area contributed by atoms with Gasteiger partial charge in [0.1, 0.15) is 11.9 Å². The van der Waals surface area contributed by atoms with Gasteiger partial charge in [0.05, 0.1) is 6.04 Å². The van der Waals surface area contributed by atoms with Crippen LogP contribution in [0.1, 0.15) is 61.8 Å². The third-order valence-electron chi connectivity index (χ3n) is 6.15. The lowest BCUT2D eigenvalue weighted by Crippen LogP contribution is -2.24. The molecular weight excluding hydrogens is 388 g/mol. The second-order valence-corrected chi connectivity index (χ2v) is 8.11. The highest BCUT2D eigenvalue weighted by molar-refractivity contribution is 5.80. The number of tetrazole rings is 1. The predicted molar refractivity (Wildman–Crippen MR) is 118 cm³/mol. The van der Waals surface area contributed by atoms with Crippen molar-refractivity contribution in [3.63, 3.8) is 0 Å². The normalized spacial score (nSPS) is 18.1. The number of nitrogens with zero attached hydrogens (tertiary/aromatic N) is 5. The van der Waals surface area contributed by atoms with Crippen molar-refractivity contribution in [3.8, 4) is 22.5 Å². The van der Waals surface area contributed by atoms with Gasteiger partial charge in [-0.25, -0.2) is 10.1 Å². The van der Waals surface area contributed by atoms with Crippen molar-refractivity contribution < 1.29 is 5.11 Å². The lowest BCUT2D eigenvalue weighted by molar-refractivity contribution is 0.126. The van der Waals surface area contributed by atoms with Crippen molar-refractivity contribution in [2.24, 2.45) is 0 Å². The van der Waals surface area contributed by atoms with E-state index >= 15 is 0 Å². The zero-order valence-electron chi connectivity index (χ0n) is 17.6. The highest BCUT2D eigenvalue weighted by Crippen LogP contribution is 2.38. The van der Waals surface area contributed by atoms with Crippen LogP contribution < -0.4 is 0 Å². The molecule has 7 nitrogen and oxygen atoms in total. The van der Waals surface area contributed by atoms with Gasteiger partial charge >= 0.3 is 0 Å². The highest BCUT2D eigenvalue weighted by atomic mass is 16.3. The van der Waals surface area contributed by atoms with Crippen LogP contribution >= 0.6 is 0 Å². The lowest BCUT2D eigenvalue weighted by Gasteiger charge is -2.30. The number of aliphatic hydroxyl groups excluding tert-OH is 1. The molecule has 0 amide bonds. The molecule has 0 spiro atoms. The van der Waals surface area contributed by atoms with Crippen LogP contribution in [-0.2, 0) is 6.42 Å². The maximum Gasteiger partial charge on any atom is 0.180 e. The summed E-state index contributed by atoms with van der Waals surface area (Å²) in [5, 5.41) is 24.8. The number of aryl methyl sites for hydroxylation is 1. The minimum atomic E-state index is -0.478. The number of nitrogens with one attached hydrogen (secondary N) is 1. The second kappa shape index (κ2) is 8.43. The molecule has 2 aromatic carbocycles. The van der Waals surface area contributed by atoms with E-state index in [2.05, 4.69) is 67.4 Å². The smallest absolute Gasteiger partial charge is 0.180 e. The van der Waals surface area contributed by atoms with Crippen LogP contribution in [0.4, 0.5) is 0 Å². The Bertz CT molecular complexity index is 1150. The number of hydrogen-bond acceptors (Lipinski definition) is 5. The Morgan fingerprint density at radius 2 is 1.87 bits per heavy atom. The van der Waals surface area contributed by atoms with E-state index in [1.54, 1.807) is 0 Å². The van der Waals surface area contributed by atoms with Crippen LogP contribution in [0.25, 0.3) is 22.5 Å². The van der Waals surface area contributed by atoms with Crippen LogP contribution in [0.15, 0.2) is 54.7 Å². The summed E-state index contributed by atoms with van der Waals surface area (Å²) >= 11 is 0. The molecule has 0 radical (unpaired) electrons. The van der Waals surface area contributed by atoms with E-state index in [1.807, 2.05) is 24.4 Å². The van der Waals surface area contributed by atoms with Gasteiger partial charge in [-0.3, -0.25) is 0 Å². The lowest BCUT2D eigenvalue weighted by atomic mass is 9.92. The Labute approximate surface area is 181 Å². The van der Waals surface area contributed by atoms with Crippen LogP contribution in [-0.4, -0.2) is 35.3 Å². The quantitative estimate of drug-likeness (QED) is 0.485. The molecule has 7 heteroatoms. The minimum absolute atomic E-state index is 0.204. The van der Waals surface area contributed by atoms with Crippen LogP contribution in [0.3, 0.4) is 0 Å². The third-order valence-corrected chi connectivity index (χ3v) is 6.15. The number of fused-ring (bicyclic) bond motifs is 1. The number of hydrogen-bond donors (Lipinski definition) is 2. The molecular formula is C24H26N6O. The van der Waals surface area contributed by atoms with Crippen molar-refractivity contribution in [1.82, 2.24) is 30.2 Å². The molecule has 0 aliphatic carbocycles. The van der Waals surface area contributed by atoms with Crippen molar-refractivity contribution in [2.45, 2.75) is 51.2 Å². The predicted octanol–water partition coefficient (Wildman–Crippen LogP) is 4.49. The number of aliphatic hydroxyl groups is 1. The summed E-state index contributed by atoms with van der Waals surface area (Å²) in [6.07, 6.45) is 6.36.